The van der Waals surface area contributed by atoms with Crippen LogP contribution in [-0.4, -0.2) is 35.0 Å². The quantitative estimate of drug-likeness (QED) is 0.876. The molecule has 110 valence electrons. The van der Waals surface area contributed by atoms with E-state index in [2.05, 4.69) is 47.1 Å². The highest BCUT2D eigenvalue weighted by Gasteiger charge is 2.15. The van der Waals surface area contributed by atoms with Crippen molar-refractivity contribution in [1.82, 2.24) is 5.32 Å². The van der Waals surface area contributed by atoms with Gasteiger partial charge in [-0.25, -0.2) is 0 Å². The molecule has 0 radical (unpaired) electrons. The zero-order valence-electron chi connectivity index (χ0n) is 12.0. The number of rotatable bonds is 5. The van der Waals surface area contributed by atoms with Gasteiger partial charge in [0.2, 0.25) is 5.91 Å². The van der Waals surface area contributed by atoms with Crippen LogP contribution in [0.1, 0.15) is 25.5 Å². The number of carbonyl (C=O) groups excluding carboxylic acids is 1. The van der Waals surface area contributed by atoms with Crippen LogP contribution < -0.4 is 10.6 Å². The number of hydrogen-bond donors (Lipinski definition) is 2. The van der Waals surface area contributed by atoms with Crippen molar-refractivity contribution in [3.05, 3.63) is 29.8 Å². The van der Waals surface area contributed by atoms with Crippen LogP contribution >= 0.6 is 23.5 Å². The maximum Gasteiger partial charge on any atom is 0.221 e. The predicted octanol–water partition coefficient (Wildman–Crippen LogP) is 3.14. The summed E-state index contributed by atoms with van der Waals surface area (Å²) in [7, 11) is 0. The first kappa shape index (κ1) is 15.7. The number of nitrogens with one attached hydrogen (secondary N) is 2. The molecule has 2 atom stereocenters. The third kappa shape index (κ3) is 5.04. The molecule has 0 bridgehead atoms. The van der Waals surface area contributed by atoms with E-state index in [9.17, 15) is 4.79 Å². The fourth-order valence-electron chi connectivity index (χ4n) is 2.17. The van der Waals surface area contributed by atoms with Crippen LogP contribution in [-0.2, 0) is 4.79 Å². The smallest absolute Gasteiger partial charge is 0.221 e. The first-order chi connectivity index (χ1) is 9.65. The lowest BCUT2D eigenvalue weighted by Crippen LogP contribution is -2.30. The van der Waals surface area contributed by atoms with Crippen LogP contribution in [0.4, 0.5) is 5.69 Å². The molecule has 5 heteroatoms. The van der Waals surface area contributed by atoms with Crippen LogP contribution in [0.2, 0.25) is 0 Å². The molecule has 1 heterocycles. The molecule has 2 unspecified atom stereocenters. The van der Waals surface area contributed by atoms with E-state index in [0.717, 1.165) is 17.5 Å². The normalized spacial score (nSPS) is 20.4. The molecule has 1 aromatic carbocycles. The molecule has 1 fully saturated rings. The van der Waals surface area contributed by atoms with Crippen LogP contribution in [0.3, 0.4) is 0 Å². The van der Waals surface area contributed by atoms with Gasteiger partial charge >= 0.3 is 0 Å². The van der Waals surface area contributed by atoms with Gasteiger partial charge in [-0.15, -0.1) is 0 Å². The summed E-state index contributed by atoms with van der Waals surface area (Å²) in [6.07, 6.45) is 0. The lowest BCUT2D eigenvalue weighted by Gasteiger charge is -2.23. The van der Waals surface area contributed by atoms with Crippen molar-refractivity contribution in [2.45, 2.75) is 25.1 Å². The molecule has 2 N–H and O–H groups in total. The average Bonchev–Trinajstić information content (AvgIpc) is 2.45. The Morgan fingerprint density at radius 2 is 2.30 bits per heavy atom. The summed E-state index contributed by atoms with van der Waals surface area (Å²) in [5.41, 5.74) is 2.08. The molecular weight excluding hydrogens is 288 g/mol. The highest BCUT2D eigenvalue weighted by atomic mass is 32.2. The third-order valence-corrected chi connectivity index (χ3v) is 6.09. The Morgan fingerprint density at radius 3 is 3.00 bits per heavy atom. The molecule has 1 aromatic rings. The fourth-order valence-corrected chi connectivity index (χ4v) is 4.79. The average molecular weight is 310 g/mol. The molecule has 0 saturated carbocycles. The zero-order valence-corrected chi connectivity index (χ0v) is 13.7. The van der Waals surface area contributed by atoms with E-state index in [-0.39, 0.29) is 5.91 Å². The molecule has 2 rings (SSSR count). The van der Waals surface area contributed by atoms with Gasteiger partial charge in [-0.2, -0.15) is 23.5 Å². The van der Waals surface area contributed by atoms with Gasteiger partial charge in [0.25, 0.3) is 0 Å². The summed E-state index contributed by atoms with van der Waals surface area (Å²) in [6.45, 7) is 4.75. The van der Waals surface area contributed by atoms with Crippen molar-refractivity contribution in [2.75, 3.05) is 29.1 Å². The van der Waals surface area contributed by atoms with Crippen LogP contribution in [0, 0.1) is 0 Å². The predicted molar refractivity (Wildman–Crippen MR) is 90.7 cm³/mol. The maximum absolute atomic E-state index is 11.1. The number of carbonyl (C=O) groups is 1. The number of hydrogen-bond acceptors (Lipinski definition) is 4. The maximum atomic E-state index is 11.1. The van der Waals surface area contributed by atoms with E-state index in [4.69, 9.17) is 0 Å². The molecule has 1 saturated heterocycles. The van der Waals surface area contributed by atoms with E-state index in [0.29, 0.717) is 6.04 Å². The first-order valence-electron chi connectivity index (χ1n) is 6.95. The van der Waals surface area contributed by atoms with E-state index in [1.807, 2.05) is 18.2 Å². The summed E-state index contributed by atoms with van der Waals surface area (Å²) in [6, 6.07) is 8.36. The summed E-state index contributed by atoms with van der Waals surface area (Å²) in [5, 5.41) is 7.15. The van der Waals surface area contributed by atoms with E-state index < -0.39 is 0 Å². The zero-order chi connectivity index (χ0) is 14.4. The molecule has 0 spiro atoms. The van der Waals surface area contributed by atoms with Gasteiger partial charge in [0, 0.05) is 47.7 Å². The molecule has 0 aromatic heterocycles. The Hall–Kier alpha value is -0.650. The largest absolute Gasteiger partial charge is 0.326 e. The van der Waals surface area contributed by atoms with Gasteiger partial charge in [-0.1, -0.05) is 12.1 Å². The van der Waals surface area contributed by atoms with Crippen molar-refractivity contribution >= 4 is 35.1 Å². The Bertz CT molecular complexity index is 447. The molecule has 1 aliphatic heterocycles. The monoisotopic (exact) mass is 310 g/mol. The Labute approximate surface area is 129 Å². The first-order valence-corrected chi connectivity index (χ1v) is 9.16. The van der Waals surface area contributed by atoms with Gasteiger partial charge in [-0.05, 0) is 24.6 Å². The van der Waals surface area contributed by atoms with Crippen molar-refractivity contribution in [3.63, 3.8) is 0 Å². The minimum absolute atomic E-state index is 0.0293. The van der Waals surface area contributed by atoms with Crippen LogP contribution in [0.15, 0.2) is 24.3 Å². The van der Waals surface area contributed by atoms with Crippen molar-refractivity contribution in [3.8, 4) is 0 Å². The Kier molecular flexibility index (Phi) is 6.26. The minimum Gasteiger partial charge on any atom is -0.326 e. The van der Waals surface area contributed by atoms with Crippen molar-refractivity contribution < 1.29 is 4.79 Å². The number of thioether (sulfide) groups is 2. The van der Waals surface area contributed by atoms with Gasteiger partial charge in [0.15, 0.2) is 0 Å². The molecule has 20 heavy (non-hydrogen) atoms. The Balaban J connectivity index is 1.87. The van der Waals surface area contributed by atoms with Crippen molar-refractivity contribution in [1.29, 1.82) is 0 Å². The number of benzene rings is 1. The third-order valence-electron chi connectivity index (χ3n) is 3.24. The Morgan fingerprint density at radius 1 is 1.45 bits per heavy atom. The molecule has 1 amide bonds. The lowest BCUT2D eigenvalue weighted by molar-refractivity contribution is -0.114. The molecular formula is C15H22N2OS2. The molecule has 0 aliphatic carbocycles. The van der Waals surface area contributed by atoms with Crippen LogP contribution in [0.5, 0.6) is 0 Å². The van der Waals surface area contributed by atoms with Crippen LogP contribution in [0.25, 0.3) is 0 Å². The summed E-state index contributed by atoms with van der Waals surface area (Å²) < 4.78 is 0. The van der Waals surface area contributed by atoms with Gasteiger partial charge in [-0.3, -0.25) is 4.79 Å². The molecule has 1 aliphatic rings. The van der Waals surface area contributed by atoms with Gasteiger partial charge < -0.3 is 10.6 Å². The second-order valence-electron chi connectivity index (χ2n) is 5.00. The van der Waals surface area contributed by atoms with Crippen molar-refractivity contribution in [2.24, 2.45) is 0 Å². The topological polar surface area (TPSA) is 41.1 Å². The number of amides is 1. The highest BCUT2D eigenvalue weighted by Crippen LogP contribution is 2.24. The van der Waals surface area contributed by atoms with Gasteiger partial charge in [0.1, 0.15) is 0 Å². The second kappa shape index (κ2) is 7.96. The minimum atomic E-state index is -0.0293. The highest BCUT2D eigenvalue weighted by molar-refractivity contribution is 8.06. The SMILES string of the molecule is CC(=O)Nc1cccc(C(C)NCC2CSCCS2)c1. The summed E-state index contributed by atoms with van der Waals surface area (Å²) >= 11 is 4.12. The number of anilines is 1. The standard InChI is InChI=1S/C15H22N2OS2/c1-11(16-9-15-10-19-6-7-20-15)13-4-3-5-14(8-13)17-12(2)18/h3-5,8,11,15-16H,6-7,9-10H2,1-2H3,(H,17,18). The second-order valence-corrected chi connectivity index (χ2v) is 7.56. The van der Waals surface area contributed by atoms with Gasteiger partial charge in [0.05, 0.1) is 0 Å². The van der Waals surface area contributed by atoms with E-state index in [1.165, 1.54) is 29.7 Å². The summed E-state index contributed by atoms with van der Waals surface area (Å²) in [5.74, 6) is 3.77. The van der Waals surface area contributed by atoms with E-state index in [1.54, 1.807) is 0 Å². The fraction of sp³-hybridized carbons (Fsp3) is 0.533. The lowest BCUT2D eigenvalue weighted by atomic mass is 10.1. The summed E-state index contributed by atoms with van der Waals surface area (Å²) in [4.78, 5) is 11.1. The molecule has 3 nitrogen and oxygen atoms in total. The van der Waals surface area contributed by atoms with E-state index >= 15 is 0 Å².